The van der Waals surface area contributed by atoms with Gasteiger partial charge in [-0.1, -0.05) is 19.3 Å². The Morgan fingerprint density at radius 1 is 1.37 bits per heavy atom. The maximum absolute atomic E-state index is 10.8. The van der Waals surface area contributed by atoms with E-state index in [1.165, 1.54) is 38.2 Å². The average molecular weight is 263 g/mol. The fraction of sp³-hybridized carbons (Fsp3) is 0.571. The molecule has 0 aromatic heterocycles. The highest BCUT2D eigenvalue weighted by Crippen LogP contribution is 2.31. The Balaban J connectivity index is 2.23. The number of nitrogens with zero attached hydrogens (tertiary/aromatic N) is 2. The largest absolute Gasteiger partial charge is 0.393 e. The standard InChI is InChI=1S/C14H21N3O2/c1-2-16(11-6-4-3-5-7-11)12-8-9-14(17(18)19)13(15)10-12/h8-11H,2-7,15H2,1H3. The number of hydrogen-bond acceptors (Lipinski definition) is 4. The summed E-state index contributed by atoms with van der Waals surface area (Å²) < 4.78 is 0. The zero-order valence-corrected chi connectivity index (χ0v) is 11.3. The molecule has 1 aromatic rings. The summed E-state index contributed by atoms with van der Waals surface area (Å²) >= 11 is 0. The van der Waals surface area contributed by atoms with Gasteiger partial charge in [-0.15, -0.1) is 0 Å². The summed E-state index contributed by atoms with van der Waals surface area (Å²) in [4.78, 5) is 12.7. The molecular weight excluding hydrogens is 242 g/mol. The van der Waals surface area contributed by atoms with E-state index < -0.39 is 4.92 Å². The second kappa shape index (κ2) is 5.91. The van der Waals surface area contributed by atoms with Gasteiger partial charge in [0.05, 0.1) is 4.92 Å². The van der Waals surface area contributed by atoms with Crippen molar-refractivity contribution in [2.24, 2.45) is 0 Å². The minimum Gasteiger partial charge on any atom is -0.393 e. The van der Waals surface area contributed by atoms with Gasteiger partial charge in [0, 0.05) is 24.3 Å². The van der Waals surface area contributed by atoms with Crippen LogP contribution in [0.1, 0.15) is 39.0 Å². The van der Waals surface area contributed by atoms with Gasteiger partial charge in [0.25, 0.3) is 5.69 Å². The Morgan fingerprint density at radius 3 is 2.58 bits per heavy atom. The van der Waals surface area contributed by atoms with E-state index in [9.17, 15) is 10.1 Å². The summed E-state index contributed by atoms with van der Waals surface area (Å²) in [5.41, 5.74) is 7.01. The molecule has 2 N–H and O–H groups in total. The highest BCUT2D eigenvalue weighted by atomic mass is 16.6. The fourth-order valence-electron chi connectivity index (χ4n) is 2.93. The first-order valence-electron chi connectivity index (χ1n) is 6.94. The number of hydrogen-bond donors (Lipinski definition) is 1. The first kappa shape index (κ1) is 13.6. The van der Waals surface area contributed by atoms with Crippen LogP contribution in [0.5, 0.6) is 0 Å². The monoisotopic (exact) mass is 263 g/mol. The quantitative estimate of drug-likeness (QED) is 0.513. The zero-order chi connectivity index (χ0) is 13.8. The van der Waals surface area contributed by atoms with Crippen molar-refractivity contribution in [2.45, 2.75) is 45.1 Å². The molecule has 5 heteroatoms. The average Bonchev–Trinajstić information content (AvgIpc) is 2.40. The van der Waals surface area contributed by atoms with Crippen LogP contribution in [0.25, 0.3) is 0 Å². The highest BCUT2D eigenvalue weighted by Gasteiger charge is 2.21. The Morgan fingerprint density at radius 2 is 2.05 bits per heavy atom. The predicted molar refractivity (Wildman–Crippen MR) is 77.4 cm³/mol. The second-order valence-electron chi connectivity index (χ2n) is 5.08. The maximum Gasteiger partial charge on any atom is 0.292 e. The lowest BCUT2D eigenvalue weighted by Gasteiger charge is -2.35. The molecule has 0 spiro atoms. The van der Waals surface area contributed by atoms with E-state index in [4.69, 9.17) is 5.73 Å². The molecule has 0 saturated heterocycles. The van der Waals surface area contributed by atoms with Crippen molar-refractivity contribution in [3.63, 3.8) is 0 Å². The summed E-state index contributed by atoms with van der Waals surface area (Å²) in [7, 11) is 0. The summed E-state index contributed by atoms with van der Waals surface area (Å²) in [6.07, 6.45) is 6.25. The van der Waals surface area contributed by atoms with E-state index in [0.717, 1.165) is 12.2 Å². The van der Waals surface area contributed by atoms with Crippen LogP contribution in [0.2, 0.25) is 0 Å². The molecule has 0 heterocycles. The van der Waals surface area contributed by atoms with E-state index in [-0.39, 0.29) is 11.4 Å². The van der Waals surface area contributed by atoms with E-state index >= 15 is 0 Å². The molecule has 104 valence electrons. The topological polar surface area (TPSA) is 72.4 Å². The van der Waals surface area contributed by atoms with Crippen molar-refractivity contribution < 1.29 is 4.92 Å². The van der Waals surface area contributed by atoms with Gasteiger partial charge in [-0.2, -0.15) is 0 Å². The smallest absolute Gasteiger partial charge is 0.292 e. The van der Waals surface area contributed by atoms with E-state index in [2.05, 4.69) is 11.8 Å². The molecule has 5 nitrogen and oxygen atoms in total. The Kier molecular flexibility index (Phi) is 4.24. The van der Waals surface area contributed by atoms with E-state index in [1.54, 1.807) is 6.07 Å². The molecule has 19 heavy (non-hydrogen) atoms. The Labute approximate surface area is 113 Å². The highest BCUT2D eigenvalue weighted by molar-refractivity contribution is 5.66. The SMILES string of the molecule is CCN(c1ccc([N+](=O)[O-])c(N)c1)C1CCCCC1. The molecule has 0 radical (unpaired) electrons. The van der Waals surface area contributed by atoms with Crippen LogP contribution in [-0.2, 0) is 0 Å². The van der Waals surface area contributed by atoms with Gasteiger partial charge < -0.3 is 10.6 Å². The first-order chi connectivity index (χ1) is 9.13. The van der Waals surface area contributed by atoms with Crippen LogP contribution >= 0.6 is 0 Å². The Hall–Kier alpha value is -1.78. The van der Waals surface area contributed by atoms with Crippen LogP contribution in [0.3, 0.4) is 0 Å². The lowest BCUT2D eigenvalue weighted by atomic mass is 9.93. The van der Waals surface area contributed by atoms with Crippen LogP contribution in [0.4, 0.5) is 17.1 Å². The molecule has 1 aliphatic rings. The number of anilines is 2. The number of nitro benzene ring substituents is 1. The molecule has 2 rings (SSSR count). The number of nitrogen functional groups attached to an aromatic ring is 1. The molecule has 0 bridgehead atoms. The summed E-state index contributed by atoms with van der Waals surface area (Å²) in [6.45, 7) is 3.02. The summed E-state index contributed by atoms with van der Waals surface area (Å²) in [5.74, 6) is 0. The number of nitro groups is 1. The molecule has 0 atom stereocenters. The van der Waals surface area contributed by atoms with E-state index in [1.807, 2.05) is 6.07 Å². The van der Waals surface area contributed by atoms with Crippen molar-refractivity contribution in [1.29, 1.82) is 0 Å². The Bertz CT molecular complexity index is 456. The van der Waals surface area contributed by atoms with Gasteiger partial charge in [-0.25, -0.2) is 0 Å². The summed E-state index contributed by atoms with van der Waals surface area (Å²) in [6, 6.07) is 5.60. The molecule has 0 unspecified atom stereocenters. The third kappa shape index (κ3) is 2.97. The molecule has 1 aliphatic carbocycles. The summed E-state index contributed by atoms with van der Waals surface area (Å²) in [5, 5.41) is 10.8. The van der Waals surface area contributed by atoms with Gasteiger partial charge in [-0.3, -0.25) is 10.1 Å². The molecule has 1 aromatic carbocycles. The van der Waals surface area contributed by atoms with Crippen LogP contribution in [0.15, 0.2) is 18.2 Å². The van der Waals surface area contributed by atoms with E-state index in [0.29, 0.717) is 6.04 Å². The predicted octanol–water partition coefficient (Wildman–Crippen LogP) is 3.34. The second-order valence-corrected chi connectivity index (χ2v) is 5.08. The van der Waals surface area contributed by atoms with Gasteiger partial charge in [0.1, 0.15) is 5.69 Å². The van der Waals surface area contributed by atoms with Gasteiger partial charge in [0.2, 0.25) is 0 Å². The molecule has 1 fully saturated rings. The third-order valence-corrected chi connectivity index (χ3v) is 3.90. The molecule has 1 saturated carbocycles. The van der Waals surface area contributed by atoms with Crippen molar-refractivity contribution in [1.82, 2.24) is 0 Å². The van der Waals surface area contributed by atoms with Crippen molar-refractivity contribution >= 4 is 17.1 Å². The number of benzene rings is 1. The molecule has 0 amide bonds. The number of nitrogens with two attached hydrogens (primary N) is 1. The van der Waals surface area contributed by atoms with Crippen LogP contribution in [0, 0.1) is 10.1 Å². The van der Waals surface area contributed by atoms with Gasteiger partial charge in [-0.05, 0) is 31.9 Å². The van der Waals surface area contributed by atoms with Crippen LogP contribution in [-0.4, -0.2) is 17.5 Å². The van der Waals surface area contributed by atoms with Gasteiger partial charge in [0.15, 0.2) is 0 Å². The van der Waals surface area contributed by atoms with Crippen molar-refractivity contribution in [3.8, 4) is 0 Å². The van der Waals surface area contributed by atoms with Gasteiger partial charge >= 0.3 is 0 Å². The fourth-order valence-corrected chi connectivity index (χ4v) is 2.93. The normalized spacial score (nSPS) is 16.3. The minimum atomic E-state index is -0.435. The lowest BCUT2D eigenvalue weighted by molar-refractivity contribution is -0.383. The van der Waals surface area contributed by atoms with Crippen molar-refractivity contribution in [3.05, 3.63) is 28.3 Å². The molecular formula is C14H21N3O2. The maximum atomic E-state index is 10.8. The van der Waals surface area contributed by atoms with Crippen molar-refractivity contribution in [2.75, 3.05) is 17.2 Å². The van der Waals surface area contributed by atoms with Crippen LogP contribution < -0.4 is 10.6 Å². The third-order valence-electron chi connectivity index (χ3n) is 3.90. The lowest BCUT2D eigenvalue weighted by Crippen LogP contribution is -2.36. The first-order valence-corrected chi connectivity index (χ1v) is 6.94. The molecule has 0 aliphatic heterocycles. The number of rotatable bonds is 4. The minimum absolute atomic E-state index is 0.0107. The zero-order valence-electron chi connectivity index (χ0n) is 11.3.